The van der Waals surface area contributed by atoms with Gasteiger partial charge in [-0.3, -0.25) is 9.52 Å². The summed E-state index contributed by atoms with van der Waals surface area (Å²) in [6.07, 6.45) is 1.50. The number of carbonyl (C=O) groups excluding carboxylic acids is 1. The van der Waals surface area contributed by atoms with Crippen molar-refractivity contribution in [2.24, 2.45) is 0 Å². The molecule has 2 N–H and O–H groups in total. The Kier molecular flexibility index (Phi) is 6.77. The van der Waals surface area contributed by atoms with Gasteiger partial charge in [-0.25, -0.2) is 8.42 Å². The van der Waals surface area contributed by atoms with E-state index < -0.39 is 15.9 Å². The zero-order valence-electron chi connectivity index (χ0n) is 17.1. The van der Waals surface area contributed by atoms with Crippen LogP contribution in [0.3, 0.4) is 0 Å². The molecule has 0 radical (unpaired) electrons. The van der Waals surface area contributed by atoms with Crippen LogP contribution in [0.15, 0.2) is 58.0 Å². The summed E-state index contributed by atoms with van der Waals surface area (Å²) in [7, 11) is -1.22. The molecule has 3 rings (SSSR count). The van der Waals surface area contributed by atoms with Crippen LogP contribution >= 0.6 is 11.6 Å². The molecule has 0 saturated carbocycles. The van der Waals surface area contributed by atoms with Crippen molar-refractivity contribution in [1.29, 1.82) is 0 Å². The highest BCUT2D eigenvalue weighted by molar-refractivity contribution is 7.92. The van der Waals surface area contributed by atoms with E-state index in [1.807, 2.05) is 0 Å². The van der Waals surface area contributed by atoms with E-state index in [2.05, 4.69) is 10.0 Å². The number of halogens is 1. The molecule has 164 valence electrons. The molecule has 0 aliphatic heterocycles. The monoisotopic (exact) mass is 464 g/mol. The van der Waals surface area contributed by atoms with Crippen molar-refractivity contribution in [1.82, 2.24) is 5.32 Å². The minimum atomic E-state index is -4.06. The Morgan fingerprint density at radius 1 is 1.10 bits per heavy atom. The number of aryl methyl sites for hydroxylation is 1. The highest BCUT2D eigenvalue weighted by atomic mass is 35.5. The van der Waals surface area contributed by atoms with Crippen LogP contribution in [0, 0.1) is 6.92 Å². The Morgan fingerprint density at radius 2 is 1.84 bits per heavy atom. The van der Waals surface area contributed by atoms with Gasteiger partial charge in [0, 0.05) is 11.6 Å². The number of sulfonamides is 1. The van der Waals surface area contributed by atoms with Crippen LogP contribution in [-0.2, 0) is 16.6 Å². The topological polar surface area (TPSA) is 107 Å². The number of hydrogen-bond acceptors (Lipinski definition) is 6. The largest absolute Gasteiger partial charge is 0.495 e. The molecule has 0 bridgehead atoms. The molecule has 0 atom stereocenters. The van der Waals surface area contributed by atoms with Crippen LogP contribution in [0.25, 0.3) is 0 Å². The molecular formula is C21H21ClN2O6S. The van der Waals surface area contributed by atoms with E-state index in [-0.39, 0.29) is 33.5 Å². The summed E-state index contributed by atoms with van der Waals surface area (Å²) >= 11 is 6.13. The zero-order chi connectivity index (χ0) is 22.6. The second-order valence-corrected chi connectivity index (χ2v) is 8.59. The molecule has 1 amide bonds. The van der Waals surface area contributed by atoms with Crippen LogP contribution in [0.5, 0.6) is 11.5 Å². The molecule has 3 aromatic rings. The Hall–Kier alpha value is -3.17. The SMILES string of the molecule is COc1cc(OC)c(NS(=O)(=O)c2cc(C(=O)NCc3ccco3)ccc2C)cc1Cl. The maximum Gasteiger partial charge on any atom is 0.262 e. The van der Waals surface area contributed by atoms with E-state index in [0.29, 0.717) is 17.1 Å². The van der Waals surface area contributed by atoms with Crippen molar-refractivity contribution < 1.29 is 27.1 Å². The average Bonchev–Trinajstić information content (AvgIpc) is 3.26. The van der Waals surface area contributed by atoms with Gasteiger partial charge in [0.1, 0.15) is 17.3 Å². The first-order chi connectivity index (χ1) is 14.7. The molecule has 0 unspecified atom stereocenters. The normalized spacial score (nSPS) is 11.1. The Morgan fingerprint density at radius 3 is 2.48 bits per heavy atom. The number of amides is 1. The lowest BCUT2D eigenvalue weighted by Crippen LogP contribution is -2.23. The van der Waals surface area contributed by atoms with Crippen LogP contribution in [0.1, 0.15) is 21.7 Å². The Balaban J connectivity index is 1.88. The van der Waals surface area contributed by atoms with Crippen LogP contribution < -0.4 is 19.5 Å². The number of ether oxygens (including phenoxy) is 2. The van der Waals surface area contributed by atoms with Crippen LogP contribution in [0.4, 0.5) is 5.69 Å². The number of hydrogen-bond donors (Lipinski definition) is 2. The van der Waals surface area contributed by atoms with Gasteiger partial charge in [-0.2, -0.15) is 0 Å². The summed E-state index contributed by atoms with van der Waals surface area (Å²) < 4.78 is 44.2. The fourth-order valence-corrected chi connectivity index (χ4v) is 4.43. The third kappa shape index (κ3) is 5.12. The lowest BCUT2D eigenvalue weighted by molar-refractivity contribution is 0.0948. The maximum atomic E-state index is 13.1. The minimum Gasteiger partial charge on any atom is -0.495 e. The molecule has 0 saturated heterocycles. The van der Waals surface area contributed by atoms with E-state index in [4.69, 9.17) is 25.5 Å². The van der Waals surface area contributed by atoms with Gasteiger partial charge in [0.05, 0.1) is 42.6 Å². The van der Waals surface area contributed by atoms with Crippen molar-refractivity contribution in [3.05, 3.63) is 70.6 Å². The summed E-state index contributed by atoms with van der Waals surface area (Å²) in [5, 5.41) is 2.90. The average molecular weight is 465 g/mol. The van der Waals surface area contributed by atoms with Gasteiger partial charge in [0.25, 0.3) is 15.9 Å². The molecule has 2 aromatic carbocycles. The van der Waals surface area contributed by atoms with E-state index in [1.54, 1.807) is 31.2 Å². The molecular weight excluding hydrogens is 444 g/mol. The summed E-state index contributed by atoms with van der Waals surface area (Å²) in [4.78, 5) is 12.4. The molecule has 0 spiro atoms. The summed E-state index contributed by atoms with van der Waals surface area (Å²) in [6, 6.07) is 10.7. The van der Waals surface area contributed by atoms with E-state index in [0.717, 1.165) is 0 Å². The fourth-order valence-electron chi connectivity index (χ4n) is 2.85. The molecule has 0 aliphatic carbocycles. The molecule has 0 fully saturated rings. The molecule has 31 heavy (non-hydrogen) atoms. The second kappa shape index (κ2) is 9.32. The van der Waals surface area contributed by atoms with Gasteiger partial charge in [-0.05, 0) is 42.8 Å². The molecule has 10 heteroatoms. The van der Waals surface area contributed by atoms with Crippen molar-refractivity contribution in [3.8, 4) is 11.5 Å². The lowest BCUT2D eigenvalue weighted by Gasteiger charge is -2.16. The van der Waals surface area contributed by atoms with E-state index in [9.17, 15) is 13.2 Å². The van der Waals surface area contributed by atoms with Crippen molar-refractivity contribution >= 4 is 33.2 Å². The van der Waals surface area contributed by atoms with Crippen molar-refractivity contribution in [2.75, 3.05) is 18.9 Å². The quantitative estimate of drug-likeness (QED) is 0.522. The minimum absolute atomic E-state index is 0.0489. The lowest BCUT2D eigenvalue weighted by atomic mass is 10.1. The summed E-state index contributed by atoms with van der Waals surface area (Å²) in [5.41, 5.74) is 0.797. The van der Waals surface area contributed by atoms with Gasteiger partial charge in [0.15, 0.2) is 0 Å². The predicted molar refractivity (Wildman–Crippen MR) is 116 cm³/mol. The number of furan rings is 1. The van der Waals surface area contributed by atoms with Gasteiger partial charge in [0.2, 0.25) is 0 Å². The summed E-state index contributed by atoms with van der Waals surface area (Å²) in [5.74, 6) is 0.721. The number of rotatable bonds is 8. The first kappa shape index (κ1) is 22.5. The molecule has 1 aromatic heterocycles. The number of carbonyl (C=O) groups is 1. The Bertz CT molecular complexity index is 1190. The van der Waals surface area contributed by atoms with Gasteiger partial charge in [-0.1, -0.05) is 17.7 Å². The number of nitrogens with one attached hydrogen (secondary N) is 2. The summed E-state index contributed by atoms with van der Waals surface area (Å²) in [6.45, 7) is 1.82. The molecule has 8 nitrogen and oxygen atoms in total. The van der Waals surface area contributed by atoms with Crippen LogP contribution in [0.2, 0.25) is 5.02 Å². The van der Waals surface area contributed by atoms with E-state index in [1.165, 1.54) is 38.7 Å². The smallest absolute Gasteiger partial charge is 0.262 e. The van der Waals surface area contributed by atoms with Gasteiger partial charge >= 0.3 is 0 Å². The molecule has 0 aliphatic rings. The van der Waals surface area contributed by atoms with Crippen molar-refractivity contribution in [2.45, 2.75) is 18.4 Å². The van der Waals surface area contributed by atoms with Crippen LogP contribution in [-0.4, -0.2) is 28.5 Å². The number of methoxy groups -OCH3 is 2. The highest BCUT2D eigenvalue weighted by Gasteiger charge is 2.22. The third-order valence-electron chi connectivity index (χ3n) is 4.46. The Labute approximate surface area is 185 Å². The molecule has 1 heterocycles. The number of anilines is 1. The predicted octanol–water partition coefficient (Wildman–Crippen LogP) is 3.99. The third-order valence-corrected chi connectivity index (χ3v) is 6.26. The number of benzene rings is 2. The highest BCUT2D eigenvalue weighted by Crippen LogP contribution is 2.37. The van der Waals surface area contributed by atoms with E-state index >= 15 is 0 Å². The second-order valence-electron chi connectivity index (χ2n) is 6.53. The van der Waals surface area contributed by atoms with Gasteiger partial charge < -0.3 is 19.2 Å². The fraction of sp³-hybridized carbons (Fsp3) is 0.190. The van der Waals surface area contributed by atoms with Crippen molar-refractivity contribution in [3.63, 3.8) is 0 Å². The standard InChI is InChI=1S/C21H21ClN2O6S/c1-13-6-7-14(21(25)23-12-15-5-4-8-30-15)9-20(13)31(26,27)24-17-10-16(22)18(28-2)11-19(17)29-3/h4-11,24H,12H2,1-3H3,(H,23,25). The first-order valence-corrected chi connectivity index (χ1v) is 11.0. The first-order valence-electron chi connectivity index (χ1n) is 9.10. The zero-order valence-corrected chi connectivity index (χ0v) is 18.6. The maximum absolute atomic E-state index is 13.1. The van der Waals surface area contributed by atoms with Gasteiger partial charge in [-0.15, -0.1) is 0 Å².